The van der Waals surface area contributed by atoms with Gasteiger partial charge in [0.15, 0.2) is 5.75 Å². The van der Waals surface area contributed by atoms with Crippen LogP contribution in [0, 0.1) is 0 Å². The van der Waals surface area contributed by atoms with Crippen LogP contribution in [-0.4, -0.2) is 15.1 Å². The summed E-state index contributed by atoms with van der Waals surface area (Å²) in [6.45, 7) is 0. The largest absolute Gasteiger partial charge is 0.505 e. The number of hydrogen-bond donors (Lipinski definition) is 2. The van der Waals surface area contributed by atoms with Gasteiger partial charge in [-0.3, -0.25) is 4.79 Å². The van der Waals surface area contributed by atoms with E-state index in [1.54, 1.807) is 0 Å². The molecule has 3 heterocycles. The van der Waals surface area contributed by atoms with Crippen LogP contribution >= 0.6 is 38.9 Å². The van der Waals surface area contributed by atoms with E-state index in [9.17, 15) is 9.90 Å². The zero-order valence-electron chi connectivity index (χ0n) is 14.7. The molecular weight excluding hydrogens is 472 g/mol. The molecule has 29 heavy (non-hydrogen) atoms. The van der Waals surface area contributed by atoms with Crippen molar-refractivity contribution in [2.45, 2.75) is 0 Å². The highest BCUT2D eigenvalue weighted by atomic mass is 79.9. The molecule has 5 rings (SSSR count). The number of aromatic nitrogens is 2. The number of fused-ring (bicyclic) bond motifs is 3. The zero-order chi connectivity index (χ0) is 20.1. The lowest BCUT2D eigenvalue weighted by atomic mass is 10.00. The smallest absolute Gasteiger partial charge is 0.266 e. The van der Waals surface area contributed by atoms with Crippen LogP contribution < -0.4 is 5.56 Å². The van der Waals surface area contributed by atoms with Crippen LogP contribution in [0.2, 0.25) is 5.02 Å². The molecule has 7 heteroatoms. The number of hydrogen-bond acceptors (Lipinski definition) is 4. The second-order valence-electron chi connectivity index (χ2n) is 6.53. The topological polar surface area (TPSA) is 66.0 Å². The van der Waals surface area contributed by atoms with E-state index in [2.05, 4.69) is 20.9 Å². The molecule has 0 aliphatic rings. The summed E-state index contributed by atoms with van der Waals surface area (Å²) in [5, 5.41) is 12.0. The highest BCUT2D eigenvalue weighted by Gasteiger charge is 2.20. The summed E-state index contributed by atoms with van der Waals surface area (Å²) >= 11 is 10.6. The Morgan fingerprint density at radius 3 is 2.48 bits per heavy atom. The van der Waals surface area contributed by atoms with Crippen molar-refractivity contribution < 1.29 is 5.11 Å². The van der Waals surface area contributed by atoms with Crippen LogP contribution in [0.4, 0.5) is 0 Å². The molecule has 0 fully saturated rings. The summed E-state index contributed by atoms with van der Waals surface area (Å²) in [4.78, 5) is 20.7. The summed E-state index contributed by atoms with van der Waals surface area (Å²) in [6.07, 6.45) is 0. The lowest BCUT2D eigenvalue weighted by molar-refractivity contribution is 0.478. The van der Waals surface area contributed by atoms with Crippen molar-refractivity contribution in [2.24, 2.45) is 0 Å². The molecule has 0 saturated carbocycles. The minimum absolute atomic E-state index is 0.0740. The Labute approximate surface area is 182 Å². The number of aromatic amines is 1. The van der Waals surface area contributed by atoms with Gasteiger partial charge in [0, 0.05) is 16.0 Å². The average molecular weight is 484 g/mol. The predicted molar refractivity (Wildman–Crippen MR) is 123 cm³/mol. The number of pyridine rings is 2. The Morgan fingerprint density at radius 2 is 1.76 bits per heavy atom. The molecule has 0 atom stereocenters. The Kier molecular flexibility index (Phi) is 4.42. The van der Waals surface area contributed by atoms with Crippen LogP contribution in [0.1, 0.15) is 0 Å². The van der Waals surface area contributed by atoms with Gasteiger partial charge in [-0.05, 0) is 45.3 Å². The molecule has 4 nitrogen and oxygen atoms in total. The van der Waals surface area contributed by atoms with Gasteiger partial charge in [-0.2, -0.15) is 0 Å². The highest BCUT2D eigenvalue weighted by Crippen LogP contribution is 2.44. The van der Waals surface area contributed by atoms with Gasteiger partial charge in [0.25, 0.3) is 5.56 Å². The van der Waals surface area contributed by atoms with E-state index in [0.717, 1.165) is 32.6 Å². The number of H-pyrrole nitrogens is 1. The fraction of sp³-hybridized carbons (Fsp3) is 0. The first kappa shape index (κ1) is 18.4. The third-order valence-electron chi connectivity index (χ3n) is 4.75. The van der Waals surface area contributed by atoms with Crippen molar-refractivity contribution in [3.05, 3.63) is 80.5 Å². The maximum Gasteiger partial charge on any atom is 0.266 e. The lowest BCUT2D eigenvalue weighted by Gasteiger charge is -2.09. The van der Waals surface area contributed by atoms with Crippen LogP contribution in [0.3, 0.4) is 0 Å². The molecule has 0 radical (unpaired) electrons. The molecule has 2 aromatic carbocycles. The molecule has 0 bridgehead atoms. The van der Waals surface area contributed by atoms with Crippen molar-refractivity contribution in [1.29, 1.82) is 0 Å². The van der Waals surface area contributed by atoms with Gasteiger partial charge in [0.2, 0.25) is 0 Å². The molecular formula is C22H12BrClN2O2S. The zero-order valence-corrected chi connectivity index (χ0v) is 17.9. The Hall–Kier alpha value is -2.67. The van der Waals surface area contributed by atoms with Gasteiger partial charge >= 0.3 is 0 Å². The molecule has 3 aromatic heterocycles. The number of aromatic hydroxyl groups is 1. The lowest BCUT2D eigenvalue weighted by Crippen LogP contribution is -2.05. The quantitative estimate of drug-likeness (QED) is 0.297. The van der Waals surface area contributed by atoms with Gasteiger partial charge in [-0.15, -0.1) is 11.3 Å². The number of benzene rings is 2. The van der Waals surface area contributed by atoms with Gasteiger partial charge in [-0.25, -0.2) is 4.98 Å². The maximum atomic E-state index is 12.3. The maximum absolute atomic E-state index is 12.3. The summed E-state index contributed by atoms with van der Waals surface area (Å²) in [5.41, 5.74) is 3.85. The van der Waals surface area contributed by atoms with E-state index < -0.39 is 0 Å². The third-order valence-corrected chi connectivity index (χ3v) is 6.83. The van der Waals surface area contributed by atoms with E-state index in [4.69, 9.17) is 16.6 Å². The minimum Gasteiger partial charge on any atom is -0.505 e. The van der Waals surface area contributed by atoms with Crippen LogP contribution in [0.15, 0.2) is 69.9 Å². The number of thiophene rings is 1. The van der Waals surface area contributed by atoms with Gasteiger partial charge in [0.1, 0.15) is 9.30 Å². The van der Waals surface area contributed by atoms with E-state index >= 15 is 0 Å². The fourth-order valence-corrected chi connectivity index (χ4v) is 5.03. The SMILES string of the molecule is O=c1[nH]c2c(sc3nc(-c4ccccc4)cc(-c4ccc(Cl)cc4)c32)c(O)c1Br. The van der Waals surface area contributed by atoms with Crippen molar-refractivity contribution in [2.75, 3.05) is 0 Å². The van der Waals surface area contributed by atoms with E-state index in [1.807, 2.05) is 60.7 Å². The first-order valence-corrected chi connectivity index (χ1v) is 10.7. The monoisotopic (exact) mass is 482 g/mol. The third kappa shape index (κ3) is 3.04. The van der Waals surface area contributed by atoms with Gasteiger partial charge in [-0.1, -0.05) is 54.1 Å². The number of rotatable bonds is 2. The Morgan fingerprint density at radius 1 is 1.03 bits per heavy atom. The first-order chi connectivity index (χ1) is 14.0. The molecule has 0 spiro atoms. The van der Waals surface area contributed by atoms with Crippen molar-refractivity contribution >= 4 is 59.3 Å². The van der Waals surface area contributed by atoms with E-state index in [-0.39, 0.29) is 15.8 Å². The number of nitrogens with one attached hydrogen (secondary N) is 1. The average Bonchev–Trinajstić information content (AvgIpc) is 3.11. The molecule has 142 valence electrons. The number of nitrogens with zero attached hydrogens (tertiary/aromatic N) is 1. The summed E-state index contributed by atoms with van der Waals surface area (Å²) in [7, 11) is 0. The minimum atomic E-state index is -0.385. The number of halogens is 2. The fourth-order valence-electron chi connectivity index (χ4n) is 3.37. The summed E-state index contributed by atoms with van der Waals surface area (Å²) < 4.78 is 0.701. The molecule has 0 saturated heterocycles. The van der Waals surface area contributed by atoms with Crippen molar-refractivity contribution in [1.82, 2.24) is 9.97 Å². The Bertz CT molecular complexity index is 1440. The first-order valence-electron chi connectivity index (χ1n) is 8.72. The predicted octanol–water partition coefficient (Wildman–Crippen LogP) is 6.59. The summed E-state index contributed by atoms with van der Waals surface area (Å²) in [5.74, 6) is -0.0740. The van der Waals surface area contributed by atoms with Gasteiger partial charge < -0.3 is 10.1 Å². The van der Waals surface area contributed by atoms with Crippen molar-refractivity contribution in [3.63, 3.8) is 0 Å². The van der Waals surface area contributed by atoms with Gasteiger partial charge in [0.05, 0.1) is 15.9 Å². The van der Waals surface area contributed by atoms with Crippen LogP contribution in [-0.2, 0) is 0 Å². The normalized spacial score (nSPS) is 11.4. The van der Waals surface area contributed by atoms with Crippen LogP contribution in [0.5, 0.6) is 5.75 Å². The molecule has 0 unspecified atom stereocenters. The van der Waals surface area contributed by atoms with E-state index in [1.165, 1.54) is 11.3 Å². The standard InChI is InChI=1S/C22H12BrClN2O2S/c23-17-19(27)20-18(26-21(17)28)16-14(11-6-8-13(24)9-7-11)10-15(25-22(16)29-20)12-4-2-1-3-5-12/h1-10H,(H2,26,27,28). The second kappa shape index (κ2) is 6.99. The summed E-state index contributed by atoms with van der Waals surface area (Å²) in [6, 6.07) is 19.4. The molecule has 0 aliphatic heterocycles. The Balaban J connectivity index is 1.93. The molecule has 0 aliphatic carbocycles. The molecule has 5 aromatic rings. The highest BCUT2D eigenvalue weighted by molar-refractivity contribution is 9.10. The van der Waals surface area contributed by atoms with Crippen LogP contribution in [0.25, 0.3) is 42.8 Å². The van der Waals surface area contributed by atoms with Crippen molar-refractivity contribution in [3.8, 4) is 28.1 Å². The molecule has 0 amide bonds. The van der Waals surface area contributed by atoms with E-state index in [0.29, 0.717) is 15.2 Å². The second-order valence-corrected chi connectivity index (χ2v) is 8.76. The molecule has 2 N–H and O–H groups in total.